The van der Waals surface area contributed by atoms with Gasteiger partial charge < -0.3 is 16.4 Å². The van der Waals surface area contributed by atoms with Gasteiger partial charge in [-0.3, -0.25) is 4.79 Å². The number of hydrogen-bond acceptors (Lipinski definition) is 3. The van der Waals surface area contributed by atoms with Crippen LogP contribution in [-0.2, 0) is 0 Å². The highest BCUT2D eigenvalue weighted by Gasteiger charge is 2.34. The Morgan fingerprint density at radius 1 is 1.15 bits per heavy atom. The van der Waals surface area contributed by atoms with Gasteiger partial charge in [0.1, 0.15) is 0 Å². The van der Waals surface area contributed by atoms with Gasteiger partial charge in [-0.1, -0.05) is 12.8 Å². The molecular formula is C16H23N3O. The molecule has 4 N–H and O–H groups in total. The van der Waals surface area contributed by atoms with Crippen molar-refractivity contribution < 1.29 is 4.79 Å². The van der Waals surface area contributed by atoms with Crippen molar-refractivity contribution in [2.75, 3.05) is 17.2 Å². The highest BCUT2D eigenvalue weighted by Crippen LogP contribution is 2.39. The van der Waals surface area contributed by atoms with Crippen LogP contribution in [0.1, 0.15) is 48.9 Å². The average molecular weight is 273 g/mol. The van der Waals surface area contributed by atoms with Crippen molar-refractivity contribution in [3.8, 4) is 0 Å². The molecule has 108 valence electrons. The van der Waals surface area contributed by atoms with Crippen LogP contribution in [0.25, 0.3) is 0 Å². The van der Waals surface area contributed by atoms with E-state index < -0.39 is 0 Å². The number of nitrogens with two attached hydrogens (primary N) is 2. The second-order valence-electron chi connectivity index (χ2n) is 6.09. The molecule has 1 saturated heterocycles. The van der Waals surface area contributed by atoms with E-state index in [-0.39, 0.29) is 5.91 Å². The Morgan fingerprint density at radius 2 is 1.90 bits per heavy atom. The van der Waals surface area contributed by atoms with Gasteiger partial charge in [-0.05, 0) is 49.8 Å². The minimum atomic E-state index is -0.386. The lowest BCUT2D eigenvalue weighted by atomic mass is 9.78. The first kappa shape index (κ1) is 13.3. The van der Waals surface area contributed by atoms with Crippen LogP contribution in [0.3, 0.4) is 0 Å². The minimum absolute atomic E-state index is 0.386. The van der Waals surface area contributed by atoms with Crippen LogP contribution in [0, 0.1) is 5.92 Å². The molecule has 0 bridgehead atoms. The summed E-state index contributed by atoms with van der Waals surface area (Å²) < 4.78 is 0. The van der Waals surface area contributed by atoms with E-state index in [1.165, 1.54) is 38.5 Å². The van der Waals surface area contributed by atoms with E-state index in [2.05, 4.69) is 4.90 Å². The van der Waals surface area contributed by atoms with Crippen molar-refractivity contribution in [1.82, 2.24) is 0 Å². The minimum Gasteiger partial charge on any atom is -0.397 e. The Hall–Kier alpha value is -1.71. The van der Waals surface area contributed by atoms with Gasteiger partial charge in [-0.15, -0.1) is 0 Å². The summed E-state index contributed by atoms with van der Waals surface area (Å²) in [6, 6.07) is 5.97. The van der Waals surface area contributed by atoms with Crippen LogP contribution in [0.4, 0.5) is 11.4 Å². The predicted octanol–water partition coefficient (Wildman–Crippen LogP) is 2.53. The molecule has 0 radical (unpaired) electrons. The average Bonchev–Trinajstić information content (AvgIpc) is 2.47. The standard InChI is InChI=1S/C16H23N3O/c17-13-8-7-12(16(18)20)10-15(13)19-9-3-5-11-4-1-2-6-14(11)19/h7-8,10-11,14H,1-6,9,17H2,(H2,18,20)/t11-,14-/m1/s1. The first-order valence-corrected chi connectivity index (χ1v) is 7.63. The number of fused-ring (bicyclic) bond motifs is 1. The lowest BCUT2D eigenvalue weighted by molar-refractivity contribution is 0.100. The molecule has 1 heterocycles. The van der Waals surface area contributed by atoms with Gasteiger partial charge >= 0.3 is 0 Å². The molecule has 2 fully saturated rings. The number of primary amides is 1. The quantitative estimate of drug-likeness (QED) is 0.813. The molecule has 1 saturated carbocycles. The van der Waals surface area contributed by atoms with Crippen molar-refractivity contribution in [1.29, 1.82) is 0 Å². The third-order valence-corrected chi connectivity index (χ3v) is 4.87. The number of benzene rings is 1. The van der Waals surface area contributed by atoms with Crippen LogP contribution < -0.4 is 16.4 Å². The van der Waals surface area contributed by atoms with E-state index in [1.807, 2.05) is 12.1 Å². The van der Waals surface area contributed by atoms with Gasteiger partial charge in [0.15, 0.2) is 0 Å². The van der Waals surface area contributed by atoms with Crippen molar-refractivity contribution in [3.05, 3.63) is 23.8 Å². The van der Waals surface area contributed by atoms with Gasteiger partial charge in [-0.2, -0.15) is 0 Å². The van der Waals surface area contributed by atoms with Crippen molar-refractivity contribution in [2.24, 2.45) is 11.7 Å². The fourth-order valence-electron chi connectivity index (χ4n) is 3.87. The molecule has 0 aromatic heterocycles. The summed E-state index contributed by atoms with van der Waals surface area (Å²) in [4.78, 5) is 13.8. The van der Waals surface area contributed by atoms with Crippen LogP contribution in [0.15, 0.2) is 18.2 Å². The Bertz CT molecular complexity index is 512. The van der Waals surface area contributed by atoms with Gasteiger partial charge in [0.05, 0.1) is 11.4 Å². The van der Waals surface area contributed by atoms with Crippen LogP contribution in [0.2, 0.25) is 0 Å². The normalized spacial score (nSPS) is 26.1. The Labute approximate surface area is 120 Å². The van der Waals surface area contributed by atoms with Gasteiger partial charge in [-0.25, -0.2) is 0 Å². The molecule has 4 nitrogen and oxygen atoms in total. The lowest BCUT2D eigenvalue weighted by Crippen LogP contribution is -2.47. The summed E-state index contributed by atoms with van der Waals surface area (Å²) in [5, 5.41) is 0. The molecule has 2 aliphatic rings. The molecule has 1 amide bonds. The van der Waals surface area contributed by atoms with Crippen molar-refractivity contribution >= 4 is 17.3 Å². The second kappa shape index (κ2) is 5.35. The number of anilines is 2. The van der Waals surface area contributed by atoms with E-state index in [4.69, 9.17) is 11.5 Å². The zero-order valence-corrected chi connectivity index (χ0v) is 11.8. The predicted molar refractivity (Wildman–Crippen MR) is 81.7 cm³/mol. The van der Waals surface area contributed by atoms with Gasteiger partial charge in [0.2, 0.25) is 5.91 Å². The molecule has 1 aliphatic heterocycles. The molecule has 2 atom stereocenters. The first-order chi connectivity index (χ1) is 9.66. The second-order valence-corrected chi connectivity index (χ2v) is 6.09. The SMILES string of the molecule is NC(=O)c1ccc(N)c(N2CCC[C@H]3CCCC[C@H]32)c1. The summed E-state index contributed by atoms with van der Waals surface area (Å²) in [6.07, 6.45) is 7.76. The molecule has 3 rings (SSSR count). The number of hydrogen-bond donors (Lipinski definition) is 2. The summed E-state index contributed by atoms with van der Waals surface area (Å²) in [6.45, 7) is 1.04. The Kier molecular flexibility index (Phi) is 3.55. The van der Waals surface area contributed by atoms with Gasteiger partial charge in [0, 0.05) is 18.2 Å². The van der Waals surface area contributed by atoms with E-state index >= 15 is 0 Å². The van der Waals surface area contributed by atoms with E-state index in [1.54, 1.807) is 6.07 Å². The number of nitrogen functional groups attached to an aromatic ring is 1. The largest absolute Gasteiger partial charge is 0.397 e. The van der Waals surface area contributed by atoms with E-state index in [0.717, 1.165) is 23.8 Å². The van der Waals surface area contributed by atoms with E-state index in [9.17, 15) is 4.79 Å². The van der Waals surface area contributed by atoms with Crippen LogP contribution >= 0.6 is 0 Å². The third-order valence-electron chi connectivity index (χ3n) is 4.87. The summed E-state index contributed by atoms with van der Waals surface area (Å²) in [7, 11) is 0. The lowest BCUT2D eigenvalue weighted by Gasteiger charge is -2.45. The highest BCUT2D eigenvalue weighted by atomic mass is 16.1. The number of carbonyl (C=O) groups is 1. The first-order valence-electron chi connectivity index (χ1n) is 7.63. The number of rotatable bonds is 2. The highest BCUT2D eigenvalue weighted by molar-refractivity contribution is 5.95. The molecule has 4 heteroatoms. The molecule has 20 heavy (non-hydrogen) atoms. The van der Waals surface area contributed by atoms with Crippen LogP contribution in [0.5, 0.6) is 0 Å². The number of nitrogens with zero attached hydrogens (tertiary/aromatic N) is 1. The molecule has 1 aromatic carbocycles. The molecule has 0 unspecified atom stereocenters. The molecule has 1 aliphatic carbocycles. The van der Waals surface area contributed by atoms with Crippen molar-refractivity contribution in [3.63, 3.8) is 0 Å². The fraction of sp³-hybridized carbons (Fsp3) is 0.562. The molecule has 0 spiro atoms. The smallest absolute Gasteiger partial charge is 0.248 e. The topological polar surface area (TPSA) is 72.3 Å². The summed E-state index contributed by atoms with van der Waals surface area (Å²) in [5.74, 6) is 0.401. The third kappa shape index (κ3) is 2.35. The monoisotopic (exact) mass is 273 g/mol. The molecule has 1 aromatic rings. The zero-order valence-electron chi connectivity index (χ0n) is 11.8. The Balaban J connectivity index is 1.94. The maximum Gasteiger partial charge on any atom is 0.248 e. The summed E-state index contributed by atoms with van der Waals surface area (Å²) >= 11 is 0. The number of piperidine rings is 1. The number of carbonyl (C=O) groups excluding carboxylic acids is 1. The summed E-state index contributed by atoms with van der Waals surface area (Å²) in [5.41, 5.74) is 13.8. The zero-order chi connectivity index (χ0) is 14.1. The Morgan fingerprint density at radius 3 is 2.70 bits per heavy atom. The maximum absolute atomic E-state index is 11.4. The van der Waals surface area contributed by atoms with Crippen molar-refractivity contribution in [2.45, 2.75) is 44.6 Å². The maximum atomic E-state index is 11.4. The van der Waals surface area contributed by atoms with Gasteiger partial charge in [0.25, 0.3) is 0 Å². The van der Waals surface area contributed by atoms with E-state index in [0.29, 0.717) is 11.6 Å². The number of amides is 1. The molecular weight excluding hydrogens is 250 g/mol. The van der Waals surface area contributed by atoms with Crippen LogP contribution in [-0.4, -0.2) is 18.5 Å². The fourth-order valence-corrected chi connectivity index (χ4v) is 3.87.